The maximum atomic E-state index is 12.4. The normalized spacial score (nSPS) is 11.1. The minimum absolute atomic E-state index is 0.0947. The average Bonchev–Trinajstić information content (AvgIpc) is 2.91. The summed E-state index contributed by atoms with van der Waals surface area (Å²) in [5.74, 6) is -0.873. The van der Waals surface area contributed by atoms with Crippen LogP contribution in [0.15, 0.2) is 110 Å². The predicted molar refractivity (Wildman–Crippen MR) is 156 cm³/mol. The van der Waals surface area contributed by atoms with Gasteiger partial charge in [-0.2, -0.15) is 10.2 Å². The van der Waals surface area contributed by atoms with Gasteiger partial charge >= 0.3 is 0 Å². The second-order valence-corrected chi connectivity index (χ2v) is 10.0. The van der Waals surface area contributed by atoms with Crippen molar-refractivity contribution in [1.29, 1.82) is 0 Å². The van der Waals surface area contributed by atoms with E-state index in [4.69, 9.17) is 0 Å². The van der Waals surface area contributed by atoms with Crippen molar-refractivity contribution in [1.82, 2.24) is 10.9 Å². The smallest absolute Gasteiger partial charge is 0.271 e. The fourth-order valence-electron chi connectivity index (χ4n) is 3.58. The van der Waals surface area contributed by atoms with E-state index >= 15 is 0 Å². The molecule has 3 N–H and O–H groups in total. The lowest BCUT2D eigenvalue weighted by molar-refractivity contribution is 0.0947. The zero-order valence-electron chi connectivity index (χ0n) is 19.9. The molecule has 4 rings (SSSR count). The summed E-state index contributed by atoms with van der Waals surface area (Å²) in [6, 6.07) is 27.3. The maximum Gasteiger partial charge on any atom is 0.271 e. The van der Waals surface area contributed by atoms with Crippen molar-refractivity contribution in [3.8, 4) is 5.75 Å². The molecule has 0 fully saturated rings. The van der Waals surface area contributed by atoms with Crippen molar-refractivity contribution >= 4 is 56.1 Å². The molecular formula is C29H22Br2N4O3. The summed E-state index contributed by atoms with van der Waals surface area (Å²) < 4.78 is 1.55. The number of phenols is 1. The molecule has 0 heterocycles. The summed E-state index contributed by atoms with van der Waals surface area (Å²) in [7, 11) is 0. The van der Waals surface area contributed by atoms with Gasteiger partial charge in [0.15, 0.2) is 0 Å². The molecule has 0 spiro atoms. The first-order chi connectivity index (χ1) is 18.4. The number of phenolic OH excluding ortho intramolecular Hbond substituents is 1. The first kappa shape index (κ1) is 27.0. The highest BCUT2D eigenvalue weighted by Crippen LogP contribution is 2.24. The number of hydrazone groups is 2. The van der Waals surface area contributed by atoms with Crippen LogP contribution in [0.4, 0.5) is 0 Å². The monoisotopic (exact) mass is 632 g/mol. The molecule has 0 aromatic heterocycles. The van der Waals surface area contributed by atoms with Crippen molar-refractivity contribution in [2.75, 3.05) is 0 Å². The van der Waals surface area contributed by atoms with E-state index in [0.29, 0.717) is 28.7 Å². The molecule has 0 atom stereocenters. The molecule has 190 valence electrons. The lowest BCUT2D eigenvalue weighted by Gasteiger charge is -2.09. The van der Waals surface area contributed by atoms with Crippen LogP contribution in [0.1, 0.15) is 43.0 Å². The van der Waals surface area contributed by atoms with Crippen LogP contribution in [0.3, 0.4) is 0 Å². The van der Waals surface area contributed by atoms with Crippen LogP contribution in [0, 0.1) is 0 Å². The van der Waals surface area contributed by atoms with Gasteiger partial charge < -0.3 is 5.11 Å². The lowest BCUT2D eigenvalue weighted by Crippen LogP contribution is -2.17. The van der Waals surface area contributed by atoms with Crippen molar-refractivity contribution in [3.05, 3.63) is 133 Å². The van der Waals surface area contributed by atoms with Crippen LogP contribution in [-0.2, 0) is 6.42 Å². The second kappa shape index (κ2) is 12.9. The number of hydrogen-bond acceptors (Lipinski definition) is 5. The minimum atomic E-state index is -0.389. The first-order valence-corrected chi connectivity index (χ1v) is 13.1. The van der Waals surface area contributed by atoms with Crippen LogP contribution in [-0.4, -0.2) is 29.4 Å². The molecule has 38 heavy (non-hydrogen) atoms. The van der Waals surface area contributed by atoms with E-state index in [9.17, 15) is 14.7 Å². The van der Waals surface area contributed by atoms with Gasteiger partial charge in [-0.15, -0.1) is 0 Å². The van der Waals surface area contributed by atoms with Crippen LogP contribution in [0.5, 0.6) is 5.75 Å². The molecule has 0 aliphatic heterocycles. The maximum absolute atomic E-state index is 12.4. The first-order valence-electron chi connectivity index (χ1n) is 11.5. The summed E-state index contributed by atoms with van der Waals surface area (Å²) in [4.78, 5) is 24.8. The second-order valence-electron chi connectivity index (χ2n) is 8.20. The number of amides is 2. The topological polar surface area (TPSA) is 103 Å². The zero-order chi connectivity index (χ0) is 26.9. The fourth-order valence-corrected chi connectivity index (χ4v) is 4.38. The van der Waals surface area contributed by atoms with E-state index in [0.717, 1.165) is 20.1 Å². The number of halogens is 2. The Kier molecular flexibility index (Phi) is 9.18. The van der Waals surface area contributed by atoms with Gasteiger partial charge in [-0.3, -0.25) is 9.59 Å². The molecule has 2 amide bonds. The van der Waals surface area contributed by atoms with Gasteiger partial charge in [-0.1, -0.05) is 74.3 Å². The van der Waals surface area contributed by atoms with Crippen LogP contribution >= 0.6 is 31.9 Å². The molecule has 4 aromatic carbocycles. The Bertz CT molecular complexity index is 1430. The van der Waals surface area contributed by atoms with Gasteiger partial charge in [0.05, 0.1) is 12.4 Å². The molecule has 7 nitrogen and oxygen atoms in total. The van der Waals surface area contributed by atoms with Gasteiger partial charge in [0.1, 0.15) is 5.75 Å². The Morgan fingerprint density at radius 3 is 1.66 bits per heavy atom. The average molecular weight is 634 g/mol. The van der Waals surface area contributed by atoms with Crippen LogP contribution in [0.2, 0.25) is 0 Å². The highest BCUT2D eigenvalue weighted by Gasteiger charge is 2.10. The van der Waals surface area contributed by atoms with Crippen molar-refractivity contribution in [3.63, 3.8) is 0 Å². The number of rotatable bonds is 8. The highest BCUT2D eigenvalue weighted by molar-refractivity contribution is 9.10. The predicted octanol–water partition coefficient (Wildman–Crippen LogP) is 6.04. The van der Waals surface area contributed by atoms with Gasteiger partial charge in [-0.25, -0.2) is 10.9 Å². The van der Waals surface area contributed by atoms with Crippen molar-refractivity contribution < 1.29 is 14.7 Å². The minimum Gasteiger partial charge on any atom is -0.507 e. The van der Waals surface area contributed by atoms with Crippen molar-refractivity contribution in [2.45, 2.75) is 6.42 Å². The van der Waals surface area contributed by atoms with Crippen LogP contribution in [0.25, 0.3) is 0 Å². The Balaban J connectivity index is 1.56. The molecule has 0 aliphatic carbocycles. The summed E-state index contributed by atoms with van der Waals surface area (Å²) >= 11 is 6.68. The Labute approximate surface area is 236 Å². The van der Waals surface area contributed by atoms with Gasteiger partial charge in [-0.05, 0) is 66.1 Å². The summed E-state index contributed by atoms with van der Waals surface area (Å²) in [6.45, 7) is 0. The third kappa shape index (κ3) is 7.47. The number of nitrogens with one attached hydrogen (secondary N) is 2. The van der Waals surface area contributed by atoms with Crippen LogP contribution < -0.4 is 10.9 Å². The third-order valence-corrected chi connectivity index (χ3v) is 6.38. The number of hydrogen-bond donors (Lipinski definition) is 3. The quantitative estimate of drug-likeness (QED) is 0.163. The summed E-state index contributed by atoms with van der Waals surface area (Å²) in [5.41, 5.74) is 8.55. The highest BCUT2D eigenvalue weighted by atomic mass is 79.9. The molecule has 0 radical (unpaired) electrons. The Hall–Kier alpha value is -4.08. The summed E-state index contributed by atoms with van der Waals surface area (Å²) in [6.07, 6.45) is 3.34. The van der Waals surface area contributed by atoms with E-state index in [1.165, 1.54) is 12.4 Å². The van der Waals surface area contributed by atoms with Gasteiger partial charge in [0.25, 0.3) is 11.8 Å². The molecule has 9 heteroatoms. The van der Waals surface area contributed by atoms with E-state index in [1.54, 1.807) is 48.5 Å². The van der Waals surface area contributed by atoms with E-state index < -0.39 is 0 Å². The van der Waals surface area contributed by atoms with E-state index in [2.05, 4.69) is 52.9 Å². The molecule has 0 bridgehead atoms. The van der Waals surface area contributed by atoms with Gasteiger partial charge in [0.2, 0.25) is 0 Å². The van der Waals surface area contributed by atoms with Crippen molar-refractivity contribution in [2.24, 2.45) is 10.2 Å². The molecule has 0 saturated carbocycles. The van der Waals surface area contributed by atoms with E-state index in [-0.39, 0.29) is 17.6 Å². The number of carbonyl (C=O) groups is 2. The Morgan fingerprint density at radius 1 is 0.684 bits per heavy atom. The Morgan fingerprint density at radius 2 is 1.18 bits per heavy atom. The number of benzene rings is 4. The zero-order valence-corrected chi connectivity index (χ0v) is 23.1. The fraction of sp³-hybridized carbons (Fsp3) is 0.0345. The number of aromatic hydroxyl groups is 1. The third-order valence-electron chi connectivity index (χ3n) is 5.39. The van der Waals surface area contributed by atoms with Gasteiger partial charge in [0, 0.05) is 31.2 Å². The molecule has 4 aromatic rings. The molecular weight excluding hydrogens is 612 g/mol. The standard InChI is InChI=1S/C29H22Br2N4O3/c30-25-10-4-8-21(15-25)28(37)34-32-17-23-13-20(12-19-6-2-1-3-7-19)14-24(27(23)36)18-33-35-29(38)22-9-5-11-26(31)16-22/h1-11,13-18,36H,12H2,(H,34,37)(H,35,38)/b32-17+,33-18?. The number of nitrogens with zero attached hydrogens (tertiary/aromatic N) is 2. The summed E-state index contributed by atoms with van der Waals surface area (Å²) in [5, 5.41) is 19.0. The molecule has 0 unspecified atom stereocenters. The van der Waals surface area contributed by atoms with E-state index in [1.807, 2.05) is 42.5 Å². The molecule has 0 saturated heterocycles. The lowest BCUT2D eigenvalue weighted by atomic mass is 9.99. The largest absolute Gasteiger partial charge is 0.507 e. The molecule has 0 aliphatic rings. The SMILES string of the molecule is O=C(NN=Cc1cc(Cc2ccccc2)cc(/C=N/NC(=O)c2cccc(Br)c2)c1O)c1cccc(Br)c1. The number of carbonyl (C=O) groups excluding carboxylic acids is 2.